The molecule has 0 aliphatic heterocycles. The Hall–Kier alpha value is -4.16. The summed E-state index contributed by atoms with van der Waals surface area (Å²) in [5.41, 5.74) is 3.71. The molecule has 0 atom stereocenters. The molecular weight excluding hydrogens is 620 g/mol. The molecule has 3 rings (SSSR count). The van der Waals surface area contributed by atoms with E-state index < -0.39 is 0 Å². The molecule has 0 N–H and O–H groups in total. The maximum absolute atomic E-state index is 10.5. The van der Waals surface area contributed by atoms with E-state index in [1.807, 2.05) is 48.5 Å². The summed E-state index contributed by atoms with van der Waals surface area (Å²) in [5, 5.41) is 21.1. The summed E-state index contributed by atoms with van der Waals surface area (Å²) >= 11 is 0. The van der Waals surface area contributed by atoms with Gasteiger partial charge in [-0.25, -0.2) is 0 Å². The van der Waals surface area contributed by atoms with Gasteiger partial charge in [0.15, 0.2) is 0 Å². The highest BCUT2D eigenvalue weighted by atomic mass is 16.5. The third-order valence-corrected chi connectivity index (χ3v) is 8.93. The molecule has 3 aromatic rings. The molecular formula is C44H60N2O4. The highest BCUT2D eigenvalue weighted by Crippen LogP contribution is 2.42. The zero-order chi connectivity index (χ0) is 35.8. The van der Waals surface area contributed by atoms with Gasteiger partial charge in [0.25, 0.3) is 0 Å². The highest BCUT2D eigenvalue weighted by molar-refractivity contribution is 5.85. The Morgan fingerprint density at radius 2 is 0.740 bits per heavy atom. The molecule has 0 heterocycles. The third kappa shape index (κ3) is 13.3. The van der Waals surface area contributed by atoms with Gasteiger partial charge >= 0.3 is 0 Å². The Morgan fingerprint density at radius 1 is 0.400 bits per heavy atom. The second-order valence-corrected chi connectivity index (χ2v) is 13.1. The van der Waals surface area contributed by atoms with Crippen LogP contribution in [0, 0.1) is 22.7 Å². The number of hydrogen-bond donors (Lipinski definition) is 0. The fourth-order valence-electron chi connectivity index (χ4n) is 5.96. The van der Waals surface area contributed by atoms with Crippen molar-refractivity contribution in [2.45, 2.75) is 130 Å². The Bertz CT molecular complexity index is 1390. The van der Waals surface area contributed by atoms with Crippen LogP contribution in [0.1, 0.15) is 142 Å². The van der Waals surface area contributed by atoms with E-state index in [1.54, 1.807) is 0 Å². The monoisotopic (exact) mass is 680 g/mol. The van der Waals surface area contributed by atoms with E-state index in [-0.39, 0.29) is 0 Å². The minimum absolute atomic E-state index is 0.453. The van der Waals surface area contributed by atoms with Gasteiger partial charge in [0, 0.05) is 22.3 Å². The zero-order valence-corrected chi connectivity index (χ0v) is 31.3. The predicted molar refractivity (Wildman–Crippen MR) is 205 cm³/mol. The van der Waals surface area contributed by atoms with Gasteiger partial charge in [0.2, 0.25) is 0 Å². The van der Waals surface area contributed by atoms with Crippen LogP contribution in [-0.4, -0.2) is 26.4 Å². The van der Waals surface area contributed by atoms with Gasteiger partial charge in [0.1, 0.15) is 23.0 Å². The van der Waals surface area contributed by atoms with Crippen molar-refractivity contribution in [2.75, 3.05) is 26.4 Å². The molecule has 0 unspecified atom stereocenters. The van der Waals surface area contributed by atoms with Crippen molar-refractivity contribution in [2.24, 2.45) is 0 Å². The van der Waals surface area contributed by atoms with Gasteiger partial charge < -0.3 is 18.9 Å². The number of benzene rings is 3. The number of ether oxygens (including phenoxy) is 4. The van der Waals surface area contributed by atoms with Crippen LogP contribution in [-0.2, 0) is 0 Å². The maximum Gasteiger partial charge on any atom is 0.127 e. The predicted octanol–water partition coefficient (Wildman–Crippen LogP) is 12.6. The molecule has 270 valence electrons. The first-order chi connectivity index (χ1) is 24.6. The van der Waals surface area contributed by atoms with Crippen molar-refractivity contribution in [3.05, 3.63) is 59.7 Å². The van der Waals surface area contributed by atoms with E-state index in [1.165, 1.54) is 38.5 Å². The second kappa shape index (κ2) is 24.1. The first kappa shape index (κ1) is 40.3. The van der Waals surface area contributed by atoms with Crippen molar-refractivity contribution >= 4 is 0 Å². The smallest absolute Gasteiger partial charge is 0.127 e. The molecule has 6 heteroatoms. The summed E-state index contributed by atoms with van der Waals surface area (Å²) < 4.78 is 25.0. The molecule has 3 aromatic carbocycles. The zero-order valence-electron chi connectivity index (χ0n) is 31.3. The second-order valence-electron chi connectivity index (χ2n) is 13.1. The number of nitrogens with zero attached hydrogens (tertiary/aromatic N) is 2. The summed E-state index contributed by atoms with van der Waals surface area (Å²) in [6.07, 6.45) is 17.7. The van der Waals surface area contributed by atoms with Gasteiger partial charge in [-0.3, -0.25) is 0 Å². The van der Waals surface area contributed by atoms with Gasteiger partial charge in [-0.1, -0.05) is 105 Å². The van der Waals surface area contributed by atoms with Crippen LogP contribution in [0.3, 0.4) is 0 Å². The molecule has 0 amide bonds. The molecule has 6 nitrogen and oxygen atoms in total. The lowest BCUT2D eigenvalue weighted by atomic mass is 9.90. The molecule has 0 aliphatic rings. The minimum Gasteiger partial charge on any atom is -0.494 e. The van der Waals surface area contributed by atoms with Crippen molar-refractivity contribution in [3.8, 4) is 57.4 Å². The van der Waals surface area contributed by atoms with E-state index >= 15 is 0 Å². The Balaban J connectivity index is 2.04. The molecule has 0 saturated heterocycles. The summed E-state index contributed by atoms with van der Waals surface area (Å²) in [6, 6.07) is 20.2. The Labute approximate surface area is 302 Å². The first-order valence-electron chi connectivity index (χ1n) is 19.4. The van der Waals surface area contributed by atoms with Crippen LogP contribution in [0.2, 0.25) is 0 Å². The normalized spacial score (nSPS) is 10.8. The number of hydrogen-bond acceptors (Lipinski definition) is 6. The maximum atomic E-state index is 10.5. The minimum atomic E-state index is 0.453. The number of nitriles is 2. The highest BCUT2D eigenvalue weighted by Gasteiger charge is 2.20. The van der Waals surface area contributed by atoms with E-state index in [0.29, 0.717) is 60.2 Å². The quantitative estimate of drug-likeness (QED) is 0.0785. The van der Waals surface area contributed by atoms with E-state index in [2.05, 4.69) is 39.8 Å². The first-order valence-corrected chi connectivity index (χ1v) is 19.4. The van der Waals surface area contributed by atoms with Crippen molar-refractivity contribution in [3.63, 3.8) is 0 Å². The average Bonchev–Trinajstić information content (AvgIpc) is 3.14. The number of rotatable bonds is 26. The van der Waals surface area contributed by atoms with Gasteiger partial charge in [0.05, 0.1) is 49.7 Å². The fourth-order valence-corrected chi connectivity index (χ4v) is 5.96. The van der Waals surface area contributed by atoms with Crippen LogP contribution in [0.15, 0.2) is 48.5 Å². The lowest BCUT2D eigenvalue weighted by Crippen LogP contribution is -2.03. The molecule has 0 spiro atoms. The summed E-state index contributed by atoms with van der Waals surface area (Å²) in [7, 11) is 0. The number of unbranched alkanes of at least 4 members (excludes halogenated alkanes) is 12. The Kier molecular flexibility index (Phi) is 19.4. The summed E-state index contributed by atoms with van der Waals surface area (Å²) in [4.78, 5) is 0. The average molecular weight is 681 g/mol. The SMILES string of the molecule is CCCCCCOc1ccc(OCCCCCC)c(-c2cc(C#N)c(-c3cc(OCCCCCC)ccc3OCCCCCC)cc2C#N)c1. The molecule has 0 saturated carbocycles. The fraction of sp³-hybridized carbons (Fsp3) is 0.545. The van der Waals surface area contributed by atoms with E-state index in [4.69, 9.17) is 18.9 Å². The van der Waals surface area contributed by atoms with Gasteiger partial charge in [-0.05, 0) is 74.2 Å². The van der Waals surface area contributed by atoms with E-state index in [0.717, 1.165) is 86.8 Å². The van der Waals surface area contributed by atoms with Gasteiger partial charge in [-0.15, -0.1) is 0 Å². The standard InChI is InChI=1S/C44H60N2O4/c1-5-9-13-17-25-47-37-21-23-43(49-27-19-15-11-7-3)41(31-37)39-29-36(34-46)40(30-35(39)33-45)42-32-38(48-26-18-14-10-6-2)22-24-44(42)50-28-20-16-12-8-4/h21-24,29-32H,5-20,25-28H2,1-4H3. The molecule has 0 radical (unpaired) electrons. The Morgan fingerprint density at radius 3 is 1.06 bits per heavy atom. The van der Waals surface area contributed by atoms with Crippen molar-refractivity contribution in [1.29, 1.82) is 10.5 Å². The summed E-state index contributed by atoms with van der Waals surface area (Å²) in [6.45, 7) is 11.2. The molecule has 50 heavy (non-hydrogen) atoms. The van der Waals surface area contributed by atoms with Crippen molar-refractivity contribution in [1.82, 2.24) is 0 Å². The van der Waals surface area contributed by atoms with Crippen LogP contribution in [0.4, 0.5) is 0 Å². The van der Waals surface area contributed by atoms with E-state index in [9.17, 15) is 10.5 Å². The lowest BCUT2D eigenvalue weighted by Gasteiger charge is -2.18. The molecule has 0 bridgehead atoms. The molecule has 0 aromatic heterocycles. The van der Waals surface area contributed by atoms with Crippen LogP contribution < -0.4 is 18.9 Å². The third-order valence-electron chi connectivity index (χ3n) is 8.93. The molecule has 0 fully saturated rings. The summed E-state index contributed by atoms with van der Waals surface area (Å²) in [5.74, 6) is 2.82. The lowest BCUT2D eigenvalue weighted by molar-refractivity contribution is 0.298. The van der Waals surface area contributed by atoms with Crippen LogP contribution in [0.25, 0.3) is 22.3 Å². The van der Waals surface area contributed by atoms with Gasteiger partial charge in [-0.2, -0.15) is 10.5 Å². The largest absolute Gasteiger partial charge is 0.494 e. The van der Waals surface area contributed by atoms with Crippen LogP contribution in [0.5, 0.6) is 23.0 Å². The molecule has 0 aliphatic carbocycles. The van der Waals surface area contributed by atoms with Crippen molar-refractivity contribution < 1.29 is 18.9 Å². The van der Waals surface area contributed by atoms with Crippen LogP contribution >= 0.6 is 0 Å². The topological polar surface area (TPSA) is 84.5 Å².